The van der Waals surface area contributed by atoms with Gasteiger partial charge in [0.1, 0.15) is 11.4 Å². The first-order valence-electron chi connectivity index (χ1n) is 5.50. The lowest BCUT2D eigenvalue weighted by molar-refractivity contribution is 0.0950. The fourth-order valence-corrected chi connectivity index (χ4v) is 2.60. The second kappa shape index (κ2) is 6.62. The van der Waals surface area contributed by atoms with Crippen LogP contribution >= 0.6 is 31.9 Å². The maximum atomic E-state index is 11.7. The summed E-state index contributed by atoms with van der Waals surface area (Å²) in [6.45, 7) is 0. The van der Waals surface area contributed by atoms with Gasteiger partial charge in [0, 0.05) is 6.20 Å². The van der Waals surface area contributed by atoms with Gasteiger partial charge in [0.05, 0.1) is 15.2 Å². The molecule has 20 heavy (non-hydrogen) atoms. The van der Waals surface area contributed by atoms with Crippen molar-refractivity contribution in [3.8, 4) is 5.75 Å². The summed E-state index contributed by atoms with van der Waals surface area (Å²) in [6, 6.07) is 8.40. The second-order valence-electron chi connectivity index (χ2n) is 3.75. The Balaban J connectivity index is 2.06. The molecule has 0 atom stereocenters. The lowest BCUT2D eigenvalue weighted by Crippen LogP contribution is -2.18. The van der Waals surface area contributed by atoms with Gasteiger partial charge in [-0.2, -0.15) is 5.10 Å². The Labute approximate surface area is 132 Å². The van der Waals surface area contributed by atoms with E-state index in [0.29, 0.717) is 14.5 Å². The van der Waals surface area contributed by atoms with Gasteiger partial charge in [0.2, 0.25) is 0 Å². The average molecular weight is 399 g/mol. The maximum absolute atomic E-state index is 11.7. The van der Waals surface area contributed by atoms with Gasteiger partial charge >= 0.3 is 0 Å². The molecule has 1 aromatic carbocycles. The van der Waals surface area contributed by atoms with E-state index in [1.807, 2.05) is 0 Å². The van der Waals surface area contributed by atoms with E-state index in [2.05, 4.69) is 47.4 Å². The van der Waals surface area contributed by atoms with Gasteiger partial charge in [-0.1, -0.05) is 6.07 Å². The van der Waals surface area contributed by atoms with Crippen LogP contribution in [0.25, 0.3) is 0 Å². The van der Waals surface area contributed by atoms with Crippen molar-refractivity contribution < 1.29 is 9.90 Å². The highest BCUT2D eigenvalue weighted by molar-refractivity contribution is 9.11. The highest BCUT2D eigenvalue weighted by atomic mass is 79.9. The first-order valence-corrected chi connectivity index (χ1v) is 7.09. The van der Waals surface area contributed by atoms with Crippen molar-refractivity contribution in [2.45, 2.75) is 0 Å². The van der Waals surface area contributed by atoms with Crippen LogP contribution in [0.3, 0.4) is 0 Å². The SMILES string of the molecule is O=C(N/N=C\c1cc(Br)c(O)c(Br)c1)c1ccccn1. The molecule has 102 valence electrons. The third-order valence-corrected chi connectivity index (χ3v) is 3.53. The molecule has 0 unspecified atom stereocenters. The molecule has 0 fully saturated rings. The molecule has 2 aromatic rings. The zero-order chi connectivity index (χ0) is 14.5. The van der Waals surface area contributed by atoms with Crippen LogP contribution in [0.1, 0.15) is 16.1 Å². The number of pyridine rings is 1. The molecule has 2 rings (SSSR count). The van der Waals surface area contributed by atoms with Crippen LogP contribution in [0, 0.1) is 0 Å². The number of hydrogen-bond acceptors (Lipinski definition) is 4. The van der Waals surface area contributed by atoms with E-state index in [0.717, 1.165) is 0 Å². The predicted octanol–water partition coefficient (Wildman–Crippen LogP) is 3.08. The second-order valence-corrected chi connectivity index (χ2v) is 5.46. The zero-order valence-corrected chi connectivity index (χ0v) is 13.2. The number of carbonyl (C=O) groups is 1. The van der Waals surface area contributed by atoms with Crippen LogP contribution < -0.4 is 5.43 Å². The van der Waals surface area contributed by atoms with Crippen LogP contribution in [-0.2, 0) is 0 Å². The Morgan fingerprint density at radius 1 is 1.30 bits per heavy atom. The quantitative estimate of drug-likeness (QED) is 0.616. The molecule has 0 aliphatic heterocycles. The fourth-order valence-electron chi connectivity index (χ4n) is 1.38. The Hall–Kier alpha value is -1.73. The molecule has 0 saturated carbocycles. The van der Waals surface area contributed by atoms with E-state index in [-0.39, 0.29) is 11.4 Å². The number of hydrogen-bond donors (Lipinski definition) is 2. The Morgan fingerprint density at radius 3 is 2.60 bits per heavy atom. The van der Waals surface area contributed by atoms with Crippen molar-refractivity contribution in [1.82, 2.24) is 10.4 Å². The third-order valence-electron chi connectivity index (χ3n) is 2.32. The zero-order valence-electron chi connectivity index (χ0n) is 10.0. The number of rotatable bonds is 3. The van der Waals surface area contributed by atoms with Crippen LogP contribution in [0.2, 0.25) is 0 Å². The van der Waals surface area contributed by atoms with Gasteiger partial charge < -0.3 is 5.11 Å². The summed E-state index contributed by atoms with van der Waals surface area (Å²) >= 11 is 6.43. The van der Waals surface area contributed by atoms with Crippen LogP contribution in [0.4, 0.5) is 0 Å². The average Bonchev–Trinajstić information content (AvgIpc) is 2.45. The van der Waals surface area contributed by atoms with Gasteiger partial charge in [0.15, 0.2) is 0 Å². The minimum atomic E-state index is -0.390. The molecule has 0 spiro atoms. The number of amides is 1. The van der Waals surface area contributed by atoms with Gasteiger partial charge in [-0.15, -0.1) is 0 Å². The van der Waals surface area contributed by atoms with Gasteiger partial charge in [-0.3, -0.25) is 9.78 Å². The highest BCUT2D eigenvalue weighted by Gasteiger charge is 2.06. The molecule has 0 aliphatic carbocycles. The summed E-state index contributed by atoms with van der Waals surface area (Å²) in [5, 5.41) is 13.4. The summed E-state index contributed by atoms with van der Waals surface area (Å²) in [5.74, 6) is -0.279. The number of phenols is 1. The molecule has 1 aromatic heterocycles. The Bertz CT molecular complexity index is 637. The van der Waals surface area contributed by atoms with E-state index in [9.17, 15) is 9.90 Å². The minimum Gasteiger partial charge on any atom is -0.506 e. The summed E-state index contributed by atoms with van der Waals surface area (Å²) in [4.78, 5) is 15.6. The summed E-state index contributed by atoms with van der Waals surface area (Å²) in [5.41, 5.74) is 3.38. The summed E-state index contributed by atoms with van der Waals surface area (Å²) in [6.07, 6.45) is 3.00. The van der Waals surface area contributed by atoms with Crippen molar-refractivity contribution in [1.29, 1.82) is 0 Å². The van der Waals surface area contributed by atoms with Crippen LogP contribution in [0.5, 0.6) is 5.75 Å². The first kappa shape index (κ1) is 14.7. The van der Waals surface area contributed by atoms with E-state index in [1.165, 1.54) is 12.4 Å². The number of halogens is 2. The van der Waals surface area contributed by atoms with Crippen LogP contribution in [-0.4, -0.2) is 22.2 Å². The topological polar surface area (TPSA) is 74.6 Å². The first-order chi connectivity index (χ1) is 9.58. The van der Waals surface area contributed by atoms with E-state index < -0.39 is 5.91 Å². The third kappa shape index (κ3) is 3.64. The number of benzene rings is 1. The molecule has 0 saturated heterocycles. The number of hydrazone groups is 1. The molecular weight excluding hydrogens is 390 g/mol. The molecule has 5 nitrogen and oxygen atoms in total. The smallest absolute Gasteiger partial charge is 0.289 e. The van der Waals surface area contributed by atoms with Crippen molar-refractivity contribution in [2.75, 3.05) is 0 Å². The fraction of sp³-hybridized carbons (Fsp3) is 0. The Morgan fingerprint density at radius 2 is 2.00 bits per heavy atom. The maximum Gasteiger partial charge on any atom is 0.289 e. The largest absolute Gasteiger partial charge is 0.506 e. The van der Waals surface area contributed by atoms with Gasteiger partial charge in [-0.05, 0) is 61.7 Å². The van der Waals surface area contributed by atoms with Gasteiger partial charge in [-0.25, -0.2) is 5.43 Å². The number of aromatic nitrogens is 1. The minimum absolute atomic E-state index is 0.111. The number of nitrogens with one attached hydrogen (secondary N) is 1. The lowest BCUT2D eigenvalue weighted by Gasteiger charge is -2.02. The van der Waals surface area contributed by atoms with E-state index in [4.69, 9.17) is 0 Å². The lowest BCUT2D eigenvalue weighted by atomic mass is 10.2. The molecular formula is C13H9Br2N3O2. The molecule has 0 bridgehead atoms. The van der Waals surface area contributed by atoms with Crippen molar-refractivity contribution in [3.05, 3.63) is 56.7 Å². The Kier molecular flexibility index (Phi) is 4.86. The van der Waals surface area contributed by atoms with E-state index >= 15 is 0 Å². The predicted molar refractivity (Wildman–Crippen MR) is 82.8 cm³/mol. The molecule has 0 radical (unpaired) electrons. The molecule has 2 N–H and O–H groups in total. The summed E-state index contributed by atoms with van der Waals surface area (Å²) in [7, 11) is 0. The number of phenolic OH excluding ortho intramolecular Hbond substituents is 1. The number of nitrogens with zero attached hydrogens (tertiary/aromatic N) is 2. The number of carbonyl (C=O) groups excluding carboxylic acids is 1. The molecule has 1 amide bonds. The normalized spacial score (nSPS) is 10.7. The molecule has 0 aliphatic rings. The van der Waals surface area contributed by atoms with Crippen molar-refractivity contribution in [2.24, 2.45) is 5.10 Å². The molecule has 1 heterocycles. The van der Waals surface area contributed by atoms with Crippen LogP contribution in [0.15, 0.2) is 50.6 Å². The van der Waals surface area contributed by atoms with Crippen molar-refractivity contribution in [3.63, 3.8) is 0 Å². The summed E-state index contributed by atoms with van der Waals surface area (Å²) < 4.78 is 1.06. The monoisotopic (exact) mass is 397 g/mol. The van der Waals surface area contributed by atoms with E-state index in [1.54, 1.807) is 30.3 Å². The highest BCUT2D eigenvalue weighted by Crippen LogP contribution is 2.32. The standard InChI is InChI=1S/C13H9Br2N3O2/c14-9-5-8(6-10(15)12(9)19)7-17-18-13(20)11-3-1-2-4-16-11/h1-7,19H,(H,18,20)/b17-7-. The van der Waals surface area contributed by atoms with Crippen molar-refractivity contribution >= 4 is 44.0 Å². The number of aromatic hydroxyl groups is 1. The molecule has 7 heteroatoms. The van der Waals surface area contributed by atoms with Gasteiger partial charge in [0.25, 0.3) is 5.91 Å².